The summed E-state index contributed by atoms with van der Waals surface area (Å²) < 4.78 is 5.84. The zero-order valence-electron chi connectivity index (χ0n) is 11.7. The number of rotatable bonds is 1. The van der Waals surface area contributed by atoms with E-state index in [-0.39, 0.29) is 11.2 Å². The number of fused-ring (bicyclic) bond motifs is 3. The lowest BCUT2D eigenvalue weighted by atomic mass is 9.94. The molecule has 0 unspecified atom stereocenters. The molecular weight excluding hydrogens is 304 g/mol. The van der Waals surface area contributed by atoms with Crippen molar-refractivity contribution in [1.29, 1.82) is 0 Å². The Morgan fingerprint density at radius 2 is 2.29 bits per heavy atom. The zero-order valence-corrected chi connectivity index (χ0v) is 13.4. The third-order valence-electron chi connectivity index (χ3n) is 3.70. The van der Waals surface area contributed by atoms with Crippen molar-refractivity contribution in [2.75, 3.05) is 0 Å². The smallest absolute Gasteiger partial charge is 0.260 e. The van der Waals surface area contributed by atoms with Crippen molar-refractivity contribution in [3.05, 3.63) is 38.3 Å². The second-order valence-electron chi connectivity index (χ2n) is 5.80. The molecule has 21 heavy (non-hydrogen) atoms. The highest BCUT2D eigenvalue weighted by atomic mass is 32.1. The molecule has 0 aliphatic carbocycles. The molecule has 3 aromatic rings. The maximum absolute atomic E-state index is 12.5. The summed E-state index contributed by atoms with van der Waals surface area (Å²) in [5.41, 5.74) is 0.844. The SMILES string of the molecule is CC1(C)Cc2c(sc3nc(-c4cccs4)[nH]c(=O)c23)CO1. The lowest BCUT2D eigenvalue weighted by Gasteiger charge is -2.29. The molecule has 6 heteroatoms. The van der Waals surface area contributed by atoms with Gasteiger partial charge in [0, 0.05) is 11.3 Å². The topological polar surface area (TPSA) is 55.0 Å². The van der Waals surface area contributed by atoms with E-state index >= 15 is 0 Å². The van der Waals surface area contributed by atoms with Crippen molar-refractivity contribution in [2.45, 2.75) is 32.5 Å². The van der Waals surface area contributed by atoms with Gasteiger partial charge in [0.2, 0.25) is 0 Å². The molecule has 0 atom stereocenters. The van der Waals surface area contributed by atoms with Crippen LogP contribution in [0.25, 0.3) is 20.9 Å². The predicted octanol–water partition coefficient (Wildman–Crippen LogP) is 3.56. The van der Waals surface area contributed by atoms with Crippen molar-refractivity contribution in [3.8, 4) is 10.7 Å². The van der Waals surface area contributed by atoms with Crippen LogP contribution in [0.15, 0.2) is 22.3 Å². The first-order valence-corrected chi connectivity index (χ1v) is 8.45. The van der Waals surface area contributed by atoms with Crippen molar-refractivity contribution in [2.24, 2.45) is 0 Å². The summed E-state index contributed by atoms with van der Waals surface area (Å²) in [4.78, 5) is 23.0. The van der Waals surface area contributed by atoms with E-state index < -0.39 is 0 Å². The van der Waals surface area contributed by atoms with E-state index in [0.717, 1.165) is 32.0 Å². The molecule has 1 N–H and O–H groups in total. The largest absolute Gasteiger partial charge is 0.370 e. The fraction of sp³-hybridized carbons (Fsp3) is 0.333. The quantitative estimate of drug-likeness (QED) is 0.746. The van der Waals surface area contributed by atoms with Crippen LogP contribution in [0.1, 0.15) is 24.3 Å². The van der Waals surface area contributed by atoms with Crippen molar-refractivity contribution >= 4 is 32.9 Å². The number of aromatic amines is 1. The standard InChI is InChI=1S/C15H14N2O2S2/c1-15(2)6-8-10(7-19-15)21-14-11(8)13(18)16-12(17-14)9-4-3-5-20-9/h3-5H,6-7H2,1-2H3,(H,16,17,18). The average molecular weight is 318 g/mol. The highest BCUT2D eigenvalue weighted by Crippen LogP contribution is 2.37. The number of H-pyrrole nitrogens is 1. The lowest BCUT2D eigenvalue weighted by Crippen LogP contribution is -2.31. The van der Waals surface area contributed by atoms with Gasteiger partial charge in [-0.1, -0.05) is 6.07 Å². The lowest BCUT2D eigenvalue weighted by molar-refractivity contribution is -0.0379. The molecule has 0 radical (unpaired) electrons. The Kier molecular flexibility index (Phi) is 2.82. The zero-order chi connectivity index (χ0) is 14.6. The van der Waals surface area contributed by atoms with Gasteiger partial charge in [0.1, 0.15) is 4.83 Å². The van der Waals surface area contributed by atoms with Crippen LogP contribution in [0, 0.1) is 0 Å². The van der Waals surface area contributed by atoms with E-state index in [1.54, 1.807) is 22.7 Å². The first-order valence-electron chi connectivity index (χ1n) is 6.76. The van der Waals surface area contributed by atoms with Gasteiger partial charge in [-0.15, -0.1) is 22.7 Å². The number of aromatic nitrogens is 2. The first-order chi connectivity index (χ1) is 10.0. The molecule has 4 nitrogen and oxygen atoms in total. The molecule has 3 aromatic heterocycles. The molecule has 4 rings (SSSR count). The van der Waals surface area contributed by atoms with Crippen LogP contribution in [0.4, 0.5) is 0 Å². The Labute approximate surface area is 129 Å². The highest BCUT2D eigenvalue weighted by molar-refractivity contribution is 7.18. The van der Waals surface area contributed by atoms with Gasteiger partial charge in [0.15, 0.2) is 5.82 Å². The third-order valence-corrected chi connectivity index (χ3v) is 5.67. The summed E-state index contributed by atoms with van der Waals surface area (Å²) in [6.45, 7) is 4.68. The van der Waals surface area contributed by atoms with E-state index in [1.807, 2.05) is 17.5 Å². The summed E-state index contributed by atoms with van der Waals surface area (Å²) in [7, 11) is 0. The molecule has 108 valence electrons. The minimum atomic E-state index is -0.222. The molecule has 0 fully saturated rings. The summed E-state index contributed by atoms with van der Waals surface area (Å²) >= 11 is 3.15. The van der Waals surface area contributed by atoms with Crippen molar-refractivity contribution in [1.82, 2.24) is 9.97 Å². The molecule has 1 aliphatic rings. The van der Waals surface area contributed by atoms with E-state index in [1.165, 1.54) is 0 Å². The number of hydrogen-bond acceptors (Lipinski definition) is 5. The van der Waals surface area contributed by atoms with Crippen LogP contribution < -0.4 is 5.56 Å². The van der Waals surface area contributed by atoms with Gasteiger partial charge in [0.25, 0.3) is 5.56 Å². The number of thiophene rings is 2. The first kappa shape index (κ1) is 13.2. The van der Waals surface area contributed by atoms with Crippen LogP contribution in [0.5, 0.6) is 0 Å². The van der Waals surface area contributed by atoms with Crippen LogP contribution in [0.3, 0.4) is 0 Å². The molecule has 0 aromatic carbocycles. The van der Waals surface area contributed by atoms with Gasteiger partial charge in [-0.05, 0) is 30.9 Å². The van der Waals surface area contributed by atoms with Crippen LogP contribution in [-0.4, -0.2) is 15.6 Å². The second kappa shape index (κ2) is 4.50. The monoisotopic (exact) mass is 318 g/mol. The maximum atomic E-state index is 12.5. The van der Waals surface area contributed by atoms with Gasteiger partial charge in [0.05, 0.1) is 22.5 Å². The van der Waals surface area contributed by atoms with Crippen LogP contribution >= 0.6 is 22.7 Å². The molecule has 0 amide bonds. The Bertz CT molecular complexity index is 875. The van der Waals surface area contributed by atoms with E-state index in [9.17, 15) is 4.79 Å². The maximum Gasteiger partial charge on any atom is 0.260 e. The molecule has 0 saturated heterocycles. The van der Waals surface area contributed by atoms with Crippen molar-refractivity contribution < 1.29 is 4.74 Å². The molecule has 0 saturated carbocycles. The summed E-state index contributed by atoms with van der Waals surface area (Å²) in [6, 6.07) is 3.93. The Hall–Kier alpha value is -1.50. The Morgan fingerprint density at radius 1 is 1.43 bits per heavy atom. The number of hydrogen-bond donors (Lipinski definition) is 1. The minimum absolute atomic E-state index is 0.0430. The molecule has 4 heterocycles. The van der Waals surface area contributed by atoms with Gasteiger partial charge >= 0.3 is 0 Å². The molecular formula is C15H14N2O2S2. The van der Waals surface area contributed by atoms with E-state index in [2.05, 4.69) is 23.8 Å². The average Bonchev–Trinajstić information content (AvgIpc) is 3.04. The third kappa shape index (κ3) is 2.14. The predicted molar refractivity (Wildman–Crippen MR) is 86.1 cm³/mol. The molecule has 1 aliphatic heterocycles. The van der Waals surface area contributed by atoms with Crippen LogP contribution in [-0.2, 0) is 17.8 Å². The van der Waals surface area contributed by atoms with Gasteiger partial charge in [-0.2, -0.15) is 0 Å². The highest BCUT2D eigenvalue weighted by Gasteiger charge is 2.30. The summed E-state index contributed by atoms with van der Waals surface area (Å²) in [6.07, 6.45) is 0.755. The second-order valence-corrected chi connectivity index (χ2v) is 7.83. The normalized spacial score (nSPS) is 17.0. The molecule has 0 bridgehead atoms. The van der Waals surface area contributed by atoms with Gasteiger partial charge < -0.3 is 9.72 Å². The fourth-order valence-corrected chi connectivity index (χ4v) is 4.45. The number of nitrogens with one attached hydrogen (secondary N) is 1. The number of ether oxygens (including phenoxy) is 1. The van der Waals surface area contributed by atoms with E-state index in [0.29, 0.717) is 12.4 Å². The Balaban J connectivity index is 1.95. The Morgan fingerprint density at radius 3 is 3.05 bits per heavy atom. The summed E-state index contributed by atoms with van der Waals surface area (Å²) in [5, 5.41) is 2.72. The van der Waals surface area contributed by atoms with Gasteiger partial charge in [-0.3, -0.25) is 4.79 Å². The van der Waals surface area contributed by atoms with E-state index in [4.69, 9.17) is 4.74 Å². The fourth-order valence-electron chi connectivity index (χ4n) is 2.68. The minimum Gasteiger partial charge on any atom is -0.370 e. The van der Waals surface area contributed by atoms with Gasteiger partial charge in [-0.25, -0.2) is 4.98 Å². The van der Waals surface area contributed by atoms with Crippen molar-refractivity contribution in [3.63, 3.8) is 0 Å². The molecule has 0 spiro atoms. The summed E-state index contributed by atoms with van der Waals surface area (Å²) in [5.74, 6) is 0.654. The number of nitrogens with zero attached hydrogens (tertiary/aromatic N) is 1. The van der Waals surface area contributed by atoms with Crippen LogP contribution in [0.2, 0.25) is 0 Å².